The van der Waals surface area contributed by atoms with Gasteiger partial charge in [-0.25, -0.2) is 9.13 Å². The highest BCUT2D eigenvalue weighted by atomic mass is 31.2. The van der Waals surface area contributed by atoms with E-state index in [1.807, 2.05) is 13.8 Å². The summed E-state index contributed by atoms with van der Waals surface area (Å²) in [5, 5.41) is 0. The van der Waals surface area contributed by atoms with Gasteiger partial charge in [-0.2, -0.15) is 0 Å². The summed E-state index contributed by atoms with van der Waals surface area (Å²) in [6.07, 6.45) is 3.99. The van der Waals surface area contributed by atoms with Gasteiger partial charge in [0, 0.05) is 13.2 Å². The molecule has 0 saturated carbocycles. The molecule has 0 bridgehead atoms. The average Bonchev–Trinajstić information content (AvgIpc) is 2.45. The van der Waals surface area contributed by atoms with E-state index in [-0.39, 0.29) is 26.4 Å². The highest BCUT2D eigenvalue weighted by molar-refractivity contribution is 7.46. The number of ether oxygens (including phenoxy) is 2. The van der Waals surface area contributed by atoms with E-state index in [4.69, 9.17) is 29.0 Å². The third-order valence-electron chi connectivity index (χ3n) is 2.26. The van der Waals surface area contributed by atoms with Crippen molar-refractivity contribution in [2.75, 3.05) is 39.6 Å². The monoisotopic (exact) mass is 396 g/mol. The van der Waals surface area contributed by atoms with Gasteiger partial charge in [0.05, 0.1) is 26.4 Å². The largest absolute Gasteiger partial charge is 0.469 e. The van der Waals surface area contributed by atoms with E-state index in [2.05, 4.69) is 9.05 Å². The molecule has 0 unspecified atom stereocenters. The molecule has 0 aromatic carbocycles. The molecule has 24 heavy (non-hydrogen) atoms. The van der Waals surface area contributed by atoms with Crippen molar-refractivity contribution >= 4 is 15.6 Å². The summed E-state index contributed by atoms with van der Waals surface area (Å²) in [5.41, 5.74) is 0. The van der Waals surface area contributed by atoms with E-state index in [0.717, 1.165) is 25.7 Å². The van der Waals surface area contributed by atoms with E-state index < -0.39 is 15.6 Å². The zero-order valence-electron chi connectivity index (χ0n) is 14.2. The minimum atomic E-state index is -4.30. The highest BCUT2D eigenvalue weighted by Crippen LogP contribution is 2.35. The maximum Gasteiger partial charge on any atom is 0.469 e. The Bertz CT molecular complexity index is 320. The summed E-state index contributed by atoms with van der Waals surface area (Å²) >= 11 is 0. The van der Waals surface area contributed by atoms with Crippen LogP contribution >= 0.6 is 15.6 Å². The lowest BCUT2D eigenvalue weighted by Gasteiger charge is -2.05. The maximum absolute atomic E-state index is 10.1. The van der Waals surface area contributed by atoms with Crippen LogP contribution in [0, 0.1) is 0 Å². The van der Waals surface area contributed by atoms with Crippen LogP contribution in [0.3, 0.4) is 0 Å². The quantitative estimate of drug-likeness (QED) is 0.253. The lowest BCUT2D eigenvalue weighted by Crippen LogP contribution is -2.03. The number of phosphoric acid groups is 2. The maximum atomic E-state index is 10.1. The van der Waals surface area contributed by atoms with Crippen molar-refractivity contribution in [1.29, 1.82) is 0 Å². The van der Waals surface area contributed by atoms with Gasteiger partial charge < -0.3 is 29.0 Å². The third kappa shape index (κ3) is 30.1. The average molecular weight is 396 g/mol. The third-order valence-corrected chi connectivity index (χ3v) is 3.30. The van der Waals surface area contributed by atoms with Crippen LogP contribution in [0.5, 0.6) is 0 Å². The summed E-state index contributed by atoms with van der Waals surface area (Å²) < 4.78 is 38.6. The van der Waals surface area contributed by atoms with Gasteiger partial charge in [0.15, 0.2) is 0 Å². The number of unbranched alkanes of at least 4 members (excludes halogenated alkanes) is 2. The molecule has 0 aromatic rings. The SMILES string of the molecule is CCCCOCCOP(=O)(O)O.CCCCOCCOP(=O)(O)O. The van der Waals surface area contributed by atoms with Crippen molar-refractivity contribution in [3.63, 3.8) is 0 Å². The van der Waals surface area contributed by atoms with Crippen LogP contribution in [-0.2, 0) is 27.7 Å². The van der Waals surface area contributed by atoms with Gasteiger partial charge in [-0.3, -0.25) is 9.05 Å². The lowest BCUT2D eigenvalue weighted by molar-refractivity contribution is 0.0838. The predicted molar refractivity (Wildman–Crippen MR) is 87.4 cm³/mol. The van der Waals surface area contributed by atoms with Gasteiger partial charge in [-0.1, -0.05) is 26.7 Å². The zero-order valence-corrected chi connectivity index (χ0v) is 16.0. The Morgan fingerprint density at radius 3 is 1.21 bits per heavy atom. The zero-order chi connectivity index (χ0) is 18.9. The normalized spacial score (nSPS) is 11.9. The summed E-state index contributed by atoms with van der Waals surface area (Å²) in [7, 11) is -8.60. The molecule has 4 N–H and O–H groups in total. The van der Waals surface area contributed by atoms with E-state index in [1.54, 1.807) is 0 Å². The van der Waals surface area contributed by atoms with Gasteiger partial charge in [-0.05, 0) is 12.8 Å². The van der Waals surface area contributed by atoms with Crippen molar-refractivity contribution in [1.82, 2.24) is 0 Å². The van der Waals surface area contributed by atoms with Gasteiger partial charge in [0.25, 0.3) is 0 Å². The molecule has 0 aromatic heterocycles. The second-order valence-electron chi connectivity index (χ2n) is 4.58. The fourth-order valence-corrected chi connectivity index (χ4v) is 1.75. The standard InChI is InChI=1S/2C6H15O5P/c2*1-2-3-4-10-5-6-11-12(7,8)9/h2*2-6H2,1H3,(H2,7,8,9). The fraction of sp³-hybridized carbons (Fsp3) is 1.00. The minimum absolute atomic E-state index is 0.0615. The molecular weight excluding hydrogens is 366 g/mol. The first-order valence-electron chi connectivity index (χ1n) is 7.68. The van der Waals surface area contributed by atoms with Crippen LogP contribution in [0.4, 0.5) is 0 Å². The Morgan fingerprint density at radius 2 is 0.958 bits per heavy atom. The van der Waals surface area contributed by atoms with Crippen LogP contribution in [-0.4, -0.2) is 59.2 Å². The van der Waals surface area contributed by atoms with Crippen LogP contribution in [0.15, 0.2) is 0 Å². The molecule has 0 saturated heterocycles. The van der Waals surface area contributed by atoms with Crippen molar-refractivity contribution in [3.8, 4) is 0 Å². The van der Waals surface area contributed by atoms with E-state index in [9.17, 15) is 9.13 Å². The summed E-state index contributed by atoms with van der Waals surface area (Å²) in [4.78, 5) is 33.0. The second-order valence-corrected chi connectivity index (χ2v) is 7.06. The topological polar surface area (TPSA) is 152 Å². The highest BCUT2D eigenvalue weighted by Gasteiger charge is 2.12. The molecule has 12 heteroatoms. The first kappa shape index (κ1) is 26.4. The molecule has 148 valence electrons. The molecule has 0 aliphatic rings. The Kier molecular flexibility index (Phi) is 18.2. The Labute approximate surface area is 142 Å². The molecule has 0 aliphatic heterocycles. The van der Waals surface area contributed by atoms with Gasteiger partial charge in [-0.15, -0.1) is 0 Å². The molecule has 0 heterocycles. The van der Waals surface area contributed by atoms with Crippen molar-refractivity contribution in [2.45, 2.75) is 39.5 Å². The van der Waals surface area contributed by atoms with Crippen LogP contribution in [0.1, 0.15) is 39.5 Å². The lowest BCUT2D eigenvalue weighted by atomic mass is 10.4. The van der Waals surface area contributed by atoms with E-state index >= 15 is 0 Å². The minimum Gasteiger partial charge on any atom is -0.379 e. The smallest absolute Gasteiger partial charge is 0.379 e. The number of phosphoric ester groups is 2. The number of hydrogen-bond acceptors (Lipinski definition) is 6. The van der Waals surface area contributed by atoms with Gasteiger partial charge >= 0.3 is 15.6 Å². The van der Waals surface area contributed by atoms with Crippen LogP contribution < -0.4 is 0 Å². The van der Waals surface area contributed by atoms with Gasteiger partial charge in [0.1, 0.15) is 0 Å². The molecule has 0 amide bonds. The van der Waals surface area contributed by atoms with Crippen molar-refractivity contribution < 1.29 is 47.2 Å². The molecule has 0 fully saturated rings. The number of hydrogen-bond donors (Lipinski definition) is 4. The Hall–Kier alpha value is 0.140. The Morgan fingerprint density at radius 1 is 0.625 bits per heavy atom. The molecule has 0 aliphatic carbocycles. The van der Waals surface area contributed by atoms with Gasteiger partial charge in [0.2, 0.25) is 0 Å². The van der Waals surface area contributed by atoms with E-state index in [0.29, 0.717) is 13.2 Å². The Balaban J connectivity index is 0. The molecule has 0 atom stereocenters. The van der Waals surface area contributed by atoms with Crippen LogP contribution in [0.25, 0.3) is 0 Å². The summed E-state index contributed by atoms with van der Waals surface area (Å²) in [6.45, 7) is 5.63. The summed E-state index contributed by atoms with van der Waals surface area (Å²) in [6, 6.07) is 0. The molecule has 0 rings (SSSR count). The van der Waals surface area contributed by atoms with Crippen molar-refractivity contribution in [2.24, 2.45) is 0 Å². The molecular formula is C12H30O10P2. The molecule has 0 spiro atoms. The molecule has 0 radical (unpaired) electrons. The second kappa shape index (κ2) is 16.6. The first-order valence-corrected chi connectivity index (χ1v) is 10.7. The van der Waals surface area contributed by atoms with Crippen molar-refractivity contribution in [3.05, 3.63) is 0 Å². The fourth-order valence-electron chi connectivity index (χ4n) is 1.13. The number of rotatable bonds is 14. The van der Waals surface area contributed by atoms with Crippen LogP contribution in [0.2, 0.25) is 0 Å². The molecule has 10 nitrogen and oxygen atoms in total. The first-order chi connectivity index (χ1) is 11.1. The van der Waals surface area contributed by atoms with E-state index in [1.165, 1.54) is 0 Å². The predicted octanol–water partition coefficient (Wildman–Crippen LogP) is 1.82. The summed E-state index contributed by atoms with van der Waals surface area (Å²) in [5.74, 6) is 0.